The van der Waals surface area contributed by atoms with Crippen LogP contribution in [0, 0.1) is 0 Å². The molecule has 0 saturated heterocycles. The lowest BCUT2D eigenvalue weighted by Crippen LogP contribution is -2.33. The Balaban J connectivity index is 1.64. The SMILES string of the molecule is Clc1ccc2c(c1)[C@@H]1CC(c3ccccc3)=NN1[C@@H](c1ccccc1Br)O2. The summed E-state index contributed by atoms with van der Waals surface area (Å²) < 4.78 is 7.39. The minimum atomic E-state index is -0.291. The van der Waals surface area contributed by atoms with Crippen molar-refractivity contribution in [1.29, 1.82) is 0 Å². The summed E-state index contributed by atoms with van der Waals surface area (Å²) in [6.07, 6.45) is 0.530. The fraction of sp³-hybridized carbons (Fsp3) is 0.136. The molecule has 3 aromatic carbocycles. The van der Waals surface area contributed by atoms with Crippen LogP contribution in [0.2, 0.25) is 5.02 Å². The van der Waals surface area contributed by atoms with Crippen LogP contribution in [-0.4, -0.2) is 10.7 Å². The second-order valence-corrected chi connectivity index (χ2v) is 7.98. The highest BCUT2D eigenvalue weighted by Crippen LogP contribution is 2.49. The number of nitrogens with zero attached hydrogens (tertiary/aromatic N) is 2. The molecule has 0 unspecified atom stereocenters. The first-order valence-corrected chi connectivity index (χ1v) is 9.99. The van der Waals surface area contributed by atoms with Gasteiger partial charge in [0.15, 0.2) is 0 Å². The molecule has 2 atom stereocenters. The van der Waals surface area contributed by atoms with Crippen LogP contribution in [0.4, 0.5) is 0 Å². The van der Waals surface area contributed by atoms with Crippen LogP contribution < -0.4 is 4.74 Å². The van der Waals surface area contributed by atoms with E-state index in [1.54, 1.807) is 0 Å². The largest absolute Gasteiger partial charge is 0.464 e. The highest BCUT2D eigenvalue weighted by molar-refractivity contribution is 9.10. The Hall–Kier alpha value is -2.30. The second-order valence-electron chi connectivity index (χ2n) is 6.69. The van der Waals surface area contributed by atoms with Crippen molar-refractivity contribution in [1.82, 2.24) is 5.01 Å². The van der Waals surface area contributed by atoms with Gasteiger partial charge in [0.2, 0.25) is 6.23 Å². The lowest BCUT2D eigenvalue weighted by molar-refractivity contribution is -0.0194. The van der Waals surface area contributed by atoms with Gasteiger partial charge in [-0.2, -0.15) is 5.10 Å². The molecule has 134 valence electrons. The second kappa shape index (κ2) is 6.70. The van der Waals surface area contributed by atoms with Crippen LogP contribution in [0.25, 0.3) is 0 Å². The van der Waals surface area contributed by atoms with E-state index in [1.807, 2.05) is 54.6 Å². The first kappa shape index (κ1) is 16.8. The molecule has 0 saturated carbocycles. The van der Waals surface area contributed by atoms with Crippen LogP contribution in [0.1, 0.15) is 35.4 Å². The van der Waals surface area contributed by atoms with Gasteiger partial charge < -0.3 is 4.74 Å². The fourth-order valence-electron chi connectivity index (χ4n) is 3.74. The van der Waals surface area contributed by atoms with E-state index in [2.05, 4.69) is 39.1 Å². The molecule has 2 aliphatic heterocycles. The summed E-state index contributed by atoms with van der Waals surface area (Å²) in [5.41, 5.74) is 4.34. The molecule has 0 aromatic heterocycles. The fourth-order valence-corrected chi connectivity index (χ4v) is 4.40. The Bertz CT molecular complexity index is 1040. The normalized spacial score (nSPS) is 20.5. The number of fused-ring (bicyclic) bond motifs is 3. The molecular formula is C22H16BrClN2O. The predicted octanol–water partition coefficient (Wildman–Crippen LogP) is 6.34. The van der Waals surface area contributed by atoms with E-state index in [4.69, 9.17) is 21.4 Å². The summed E-state index contributed by atoms with van der Waals surface area (Å²) in [5, 5.41) is 7.75. The number of rotatable bonds is 2. The molecule has 5 heteroatoms. The van der Waals surface area contributed by atoms with Crippen molar-refractivity contribution < 1.29 is 4.74 Å². The third kappa shape index (κ3) is 2.93. The Kier molecular flexibility index (Phi) is 4.18. The minimum Gasteiger partial charge on any atom is -0.464 e. The van der Waals surface area contributed by atoms with Gasteiger partial charge in [0.05, 0.1) is 11.8 Å². The van der Waals surface area contributed by atoms with Gasteiger partial charge in [-0.15, -0.1) is 0 Å². The highest BCUT2D eigenvalue weighted by Gasteiger charge is 2.41. The van der Waals surface area contributed by atoms with Gasteiger partial charge >= 0.3 is 0 Å². The highest BCUT2D eigenvalue weighted by atomic mass is 79.9. The van der Waals surface area contributed by atoms with Gasteiger partial charge in [0.25, 0.3) is 0 Å². The Morgan fingerprint density at radius 2 is 1.74 bits per heavy atom. The monoisotopic (exact) mass is 438 g/mol. The molecule has 0 aliphatic carbocycles. The van der Waals surface area contributed by atoms with E-state index in [9.17, 15) is 0 Å². The van der Waals surface area contributed by atoms with Crippen molar-refractivity contribution in [3.63, 3.8) is 0 Å². The summed E-state index contributed by atoms with van der Waals surface area (Å²) in [6.45, 7) is 0. The predicted molar refractivity (Wildman–Crippen MR) is 111 cm³/mol. The molecule has 2 aliphatic rings. The molecule has 0 amide bonds. The molecule has 0 bridgehead atoms. The molecule has 0 N–H and O–H groups in total. The van der Waals surface area contributed by atoms with Gasteiger partial charge in [-0.05, 0) is 29.8 Å². The van der Waals surface area contributed by atoms with Crippen LogP contribution in [0.15, 0.2) is 82.4 Å². The average molecular weight is 440 g/mol. The van der Waals surface area contributed by atoms with E-state index in [-0.39, 0.29) is 12.3 Å². The van der Waals surface area contributed by atoms with Crippen molar-refractivity contribution in [2.24, 2.45) is 5.10 Å². The third-order valence-corrected chi connectivity index (χ3v) is 5.99. The summed E-state index contributed by atoms with van der Waals surface area (Å²) >= 11 is 9.94. The van der Waals surface area contributed by atoms with Gasteiger partial charge in [-0.1, -0.05) is 76.1 Å². The van der Waals surface area contributed by atoms with Crippen molar-refractivity contribution in [3.05, 3.63) is 99.0 Å². The summed E-state index contributed by atoms with van der Waals surface area (Å²) in [4.78, 5) is 0. The maximum absolute atomic E-state index is 6.38. The third-order valence-electron chi connectivity index (χ3n) is 5.03. The number of hydrazone groups is 1. The number of hydrogen-bond donors (Lipinski definition) is 0. The summed E-state index contributed by atoms with van der Waals surface area (Å²) in [6, 6.07) is 24.4. The topological polar surface area (TPSA) is 24.8 Å². The Morgan fingerprint density at radius 1 is 0.963 bits per heavy atom. The van der Waals surface area contributed by atoms with E-state index in [1.165, 1.54) is 0 Å². The average Bonchev–Trinajstić information content (AvgIpc) is 3.15. The first-order chi connectivity index (χ1) is 13.2. The molecule has 2 heterocycles. The van der Waals surface area contributed by atoms with Gasteiger partial charge in [0, 0.05) is 27.0 Å². The van der Waals surface area contributed by atoms with Crippen LogP contribution in [-0.2, 0) is 0 Å². The lowest BCUT2D eigenvalue weighted by atomic mass is 9.96. The van der Waals surface area contributed by atoms with E-state index >= 15 is 0 Å². The zero-order valence-corrected chi connectivity index (χ0v) is 16.7. The lowest BCUT2D eigenvalue weighted by Gasteiger charge is -2.38. The smallest absolute Gasteiger partial charge is 0.214 e. The molecule has 0 radical (unpaired) electrons. The van der Waals surface area contributed by atoms with Gasteiger partial charge in [-0.3, -0.25) is 0 Å². The number of ether oxygens (including phenoxy) is 1. The van der Waals surface area contributed by atoms with Crippen LogP contribution >= 0.6 is 27.5 Å². The molecule has 5 rings (SSSR count). The van der Waals surface area contributed by atoms with E-state index in [0.717, 1.165) is 39.0 Å². The number of halogens is 2. The maximum Gasteiger partial charge on any atom is 0.214 e. The number of benzene rings is 3. The Labute approximate surface area is 171 Å². The zero-order chi connectivity index (χ0) is 18.4. The van der Waals surface area contributed by atoms with Gasteiger partial charge in [0.1, 0.15) is 5.75 Å². The molecule has 27 heavy (non-hydrogen) atoms. The quantitative estimate of drug-likeness (QED) is 0.465. The number of hydrogen-bond acceptors (Lipinski definition) is 3. The molecule has 0 fully saturated rings. The molecule has 3 nitrogen and oxygen atoms in total. The summed E-state index contributed by atoms with van der Waals surface area (Å²) in [7, 11) is 0. The van der Waals surface area contributed by atoms with E-state index < -0.39 is 0 Å². The minimum absolute atomic E-state index is 0.0970. The molecular weight excluding hydrogens is 424 g/mol. The van der Waals surface area contributed by atoms with E-state index in [0.29, 0.717) is 5.02 Å². The maximum atomic E-state index is 6.38. The molecule has 0 spiro atoms. The van der Waals surface area contributed by atoms with Crippen LogP contribution in [0.5, 0.6) is 5.75 Å². The summed E-state index contributed by atoms with van der Waals surface area (Å²) in [5.74, 6) is 0.867. The van der Waals surface area contributed by atoms with Crippen molar-refractivity contribution in [2.75, 3.05) is 0 Å². The van der Waals surface area contributed by atoms with Crippen molar-refractivity contribution >= 4 is 33.2 Å². The van der Waals surface area contributed by atoms with Crippen molar-refractivity contribution in [3.8, 4) is 5.75 Å². The molecule has 3 aromatic rings. The standard InChI is InChI=1S/C22H16BrClN2O/c23-18-9-5-4-8-16(18)22-26-20(17-12-15(24)10-11-21(17)27-22)13-19(25-26)14-6-2-1-3-7-14/h1-12,20,22H,13H2/t20-,22+/m0/s1. The van der Waals surface area contributed by atoms with Gasteiger partial charge in [-0.25, -0.2) is 5.01 Å². The zero-order valence-electron chi connectivity index (χ0n) is 14.3. The first-order valence-electron chi connectivity index (χ1n) is 8.82. The van der Waals surface area contributed by atoms with Crippen molar-refractivity contribution in [2.45, 2.75) is 18.7 Å². The van der Waals surface area contributed by atoms with Crippen LogP contribution in [0.3, 0.4) is 0 Å². The Morgan fingerprint density at radius 3 is 2.56 bits per heavy atom.